The predicted octanol–water partition coefficient (Wildman–Crippen LogP) is 5.81. The Morgan fingerprint density at radius 1 is 0.900 bits per heavy atom. The molecule has 20 heavy (non-hydrogen) atoms. The zero-order chi connectivity index (χ0) is 14.5. The topological polar surface area (TPSA) is 12.0 Å². The van der Waals surface area contributed by atoms with Crippen LogP contribution < -0.4 is 5.32 Å². The zero-order valence-electron chi connectivity index (χ0n) is 11.2. The molecular weight excluding hydrogens is 313 g/mol. The van der Waals surface area contributed by atoms with Crippen LogP contribution in [0, 0.1) is 0 Å². The van der Waals surface area contributed by atoms with Crippen LogP contribution in [0.5, 0.6) is 0 Å². The Hall–Kier alpha value is -0.730. The third kappa shape index (κ3) is 4.13. The third-order valence-electron chi connectivity index (χ3n) is 2.99. The summed E-state index contributed by atoms with van der Waals surface area (Å²) in [6.07, 6.45) is 1.10. The highest BCUT2D eigenvalue weighted by Gasteiger charge is 2.08. The molecule has 2 rings (SSSR count). The van der Waals surface area contributed by atoms with Crippen LogP contribution in [0.1, 0.15) is 18.9 Å². The highest BCUT2D eigenvalue weighted by Crippen LogP contribution is 2.31. The molecule has 1 nitrogen and oxygen atoms in total. The second-order valence-corrected chi connectivity index (χ2v) is 5.95. The van der Waals surface area contributed by atoms with Gasteiger partial charge in [-0.15, -0.1) is 0 Å². The van der Waals surface area contributed by atoms with E-state index in [-0.39, 0.29) is 0 Å². The van der Waals surface area contributed by atoms with Gasteiger partial charge in [0.15, 0.2) is 0 Å². The van der Waals surface area contributed by atoms with E-state index in [1.807, 2.05) is 30.3 Å². The van der Waals surface area contributed by atoms with E-state index in [0.29, 0.717) is 15.1 Å². The van der Waals surface area contributed by atoms with Gasteiger partial charge in [-0.25, -0.2) is 0 Å². The summed E-state index contributed by atoms with van der Waals surface area (Å²) in [5.74, 6) is 0. The molecule has 0 atom stereocenters. The molecule has 0 unspecified atom stereocenters. The molecule has 4 heteroatoms. The predicted molar refractivity (Wildman–Crippen MR) is 88.9 cm³/mol. The maximum Gasteiger partial charge on any atom is 0.0426 e. The molecule has 0 saturated carbocycles. The van der Waals surface area contributed by atoms with Crippen molar-refractivity contribution in [3.05, 3.63) is 57.0 Å². The molecule has 2 aromatic carbocycles. The number of nitrogens with one attached hydrogen (secondary N) is 1. The first-order valence-corrected chi connectivity index (χ1v) is 7.69. The molecule has 0 aromatic heterocycles. The fourth-order valence-electron chi connectivity index (χ4n) is 2.08. The molecule has 106 valence electrons. The van der Waals surface area contributed by atoms with Crippen LogP contribution in [0.3, 0.4) is 0 Å². The van der Waals surface area contributed by atoms with Crippen molar-refractivity contribution in [2.45, 2.75) is 19.9 Å². The number of benzene rings is 2. The standard InChI is InChI=1S/C16H16Cl3N/c1-2-5-20-10-11-3-4-13(17)9-16(11)12-6-14(18)8-15(19)7-12/h3-4,6-9,20H,2,5,10H2,1H3. The number of halogens is 3. The first-order chi connectivity index (χ1) is 9.60. The van der Waals surface area contributed by atoms with E-state index in [1.54, 1.807) is 6.07 Å². The van der Waals surface area contributed by atoms with E-state index in [4.69, 9.17) is 34.8 Å². The van der Waals surface area contributed by atoms with Crippen molar-refractivity contribution in [3.8, 4) is 11.1 Å². The van der Waals surface area contributed by atoms with Gasteiger partial charge in [0, 0.05) is 21.6 Å². The minimum absolute atomic E-state index is 0.625. The second kappa shape index (κ2) is 7.33. The van der Waals surface area contributed by atoms with Crippen LogP contribution in [0.4, 0.5) is 0 Å². The molecule has 0 aliphatic rings. The van der Waals surface area contributed by atoms with Crippen LogP contribution in [-0.4, -0.2) is 6.54 Å². The second-order valence-electron chi connectivity index (χ2n) is 4.64. The summed E-state index contributed by atoms with van der Waals surface area (Å²) in [6.45, 7) is 3.93. The average Bonchev–Trinajstić information content (AvgIpc) is 2.39. The average molecular weight is 329 g/mol. The molecule has 0 fully saturated rings. The van der Waals surface area contributed by atoms with Gasteiger partial charge < -0.3 is 5.32 Å². The van der Waals surface area contributed by atoms with E-state index in [1.165, 1.54) is 5.56 Å². The van der Waals surface area contributed by atoms with Gasteiger partial charge in [-0.05, 0) is 60.0 Å². The molecule has 0 aliphatic heterocycles. The van der Waals surface area contributed by atoms with Crippen LogP contribution in [0.15, 0.2) is 36.4 Å². The minimum Gasteiger partial charge on any atom is -0.313 e. The number of hydrogen-bond acceptors (Lipinski definition) is 1. The first-order valence-electron chi connectivity index (χ1n) is 6.55. The Morgan fingerprint density at radius 3 is 2.25 bits per heavy atom. The maximum absolute atomic E-state index is 6.12. The summed E-state index contributed by atoms with van der Waals surface area (Å²) < 4.78 is 0. The van der Waals surface area contributed by atoms with E-state index in [0.717, 1.165) is 30.6 Å². The third-order valence-corrected chi connectivity index (χ3v) is 3.66. The maximum atomic E-state index is 6.12. The van der Waals surface area contributed by atoms with Crippen molar-refractivity contribution < 1.29 is 0 Å². The minimum atomic E-state index is 0.625. The molecule has 0 spiro atoms. The van der Waals surface area contributed by atoms with Crippen molar-refractivity contribution in [1.82, 2.24) is 5.32 Å². The lowest BCUT2D eigenvalue weighted by Gasteiger charge is -2.12. The summed E-state index contributed by atoms with van der Waals surface area (Å²) in [4.78, 5) is 0. The molecular formula is C16H16Cl3N. The smallest absolute Gasteiger partial charge is 0.0426 e. The lowest BCUT2D eigenvalue weighted by Crippen LogP contribution is -2.14. The fourth-order valence-corrected chi connectivity index (χ4v) is 2.78. The molecule has 0 aliphatic carbocycles. The van der Waals surface area contributed by atoms with Gasteiger partial charge in [0.25, 0.3) is 0 Å². The lowest BCUT2D eigenvalue weighted by molar-refractivity contribution is 0.676. The van der Waals surface area contributed by atoms with Crippen molar-refractivity contribution in [3.63, 3.8) is 0 Å². The van der Waals surface area contributed by atoms with E-state index in [2.05, 4.69) is 12.2 Å². The largest absolute Gasteiger partial charge is 0.313 e. The highest BCUT2D eigenvalue weighted by atomic mass is 35.5. The zero-order valence-corrected chi connectivity index (χ0v) is 13.5. The van der Waals surface area contributed by atoms with Crippen LogP contribution in [-0.2, 0) is 6.54 Å². The van der Waals surface area contributed by atoms with Gasteiger partial charge in [-0.2, -0.15) is 0 Å². The van der Waals surface area contributed by atoms with Gasteiger partial charge >= 0.3 is 0 Å². The monoisotopic (exact) mass is 327 g/mol. The van der Waals surface area contributed by atoms with Gasteiger partial charge in [0.05, 0.1) is 0 Å². The molecule has 0 heterocycles. The van der Waals surface area contributed by atoms with E-state index in [9.17, 15) is 0 Å². The SMILES string of the molecule is CCCNCc1ccc(Cl)cc1-c1cc(Cl)cc(Cl)c1. The lowest BCUT2D eigenvalue weighted by atomic mass is 9.99. The Labute approximate surface area is 134 Å². The van der Waals surface area contributed by atoms with Gasteiger partial charge in [-0.3, -0.25) is 0 Å². The van der Waals surface area contributed by atoms with Crippen LogP contribution in [0.25, 0.3) is 11.1 Å². The van der Waals surface area contributed by atoms with Gasteiger partial charge in [-0.1, -0.05) is 47.8 Å². The molecule has 1 N–H and O–H groups in total. The number of hydrogen-bond donors (Lipinski definition) is 1. The summed E-state index contributed by atoms with van der Waals surface area (Å²) in [5.41, 5.74) is 3.23. The van der Waals surface area contributed by atoms with E-state index < -0.39 is 0 Å². The first kappa shape index (κ1) is 15.7. The van der Waals surface area contributed by atoms with Gasteiger partial charge in [0.2, 0.25) is 0 Å². The Balaban J connectivity index is 2.40. The molecule has 0 saturated heterocycles. The molecule has 0 amide bonds. The fraction of sp³-hybridized carbons (Fsp3) is 0.250. The Kier molecular flexibility index (Phi) is 5.74. The summed E-state index contributed by atoms with van der Waals surface area (Å²) in [5, 5.41) is 5.36. The Bertz CT molecular complexity index is 576. The van der Waals surface area contributed by atoms with Gasteiger partial charge in [0.1, 0.15) is 0 Å². The molecule has 2 aromatic rings. The normalized spacial score (nSPS) is 10.8. The van der Waals surface area contributed by atoms with Crippen molar-refractivity contribution in [1.29, 1.82) is 0 Å². The number of rotatable bonds is 5. The summed E-state index contributed by atoms with van der Waals surface area (Å²) in [6, 6.07) is 11.4. The van der Waals surface area contributed by atoms with Crippen LogP contribution in [0.2, 0.25) is 15.1 Å². The van der Waals surface area contributed by atoms with E-state index >= 15 is 0 Å². The molecule has 0 radical (unpaired) electrons. The summed E-state index contributed by atoms with van der Waals surface area (Å²) >= 11 is 18.3. The summed E-state index contributed by atoms with van der Waals surface area (Å²) in [7, 11) is 0. The highest BCUT2D eigenvalue weighted by molar-refractivity contribution is 6.35. The van der Waals surface area contributed by atoms with Crippen LogP contribution >= 0.6 is 34.8 Å². The quantitative estimate of drug-likeness (QED) is 0.683. The van der Waals surface area contributed by atoms with Crippen molar-refractivity contribution in [2.24, 2.45) is 0 Å². The van der Waals surface area contributed by atoms with Crippen molar-refractivity contribution in [2.75, 3.05) is 6.54 Å². The van der Waals surface area contributed by atoms with Crippen molar-refractivity contribution >= 4 is 34.8 Å². The Morgan fingerprint density at radius 2 is 1.60 bits per heavy atom. The molecule has 0 bridgehead atoms.